The molecule has 0 saturated carbocycles. The highest BCUT2D eigenvalue weighted by molar-refractivity contribution is 7.14. The summed E-state index contributed by atoms with van der Waals surface area (Å²) in [5.41, 5.74) is 3.61. The van der Waals surface area contributed by atoms with Crippen molar-refractivity contribution in [3.05, 3.63) is 46.0 Å². The van der Waals surface area contributed by atoms with Crippen molar-refractivity contribution in [2.45, 2.75) is 0 Å². The minimum absolute atomic E-state index is 0.0410. The number of anilines is 1. The monoisotopic (exact) mass is 439 g/mol. The van der Waals surface area contributed by atoms with Gasteiger partial charge in [-0.2, -0.15) is 16.4 Å². The number of ether oxygens (including phenoxy) is 1. The molecule has 7 nitrogen and oxygen atoms in total. The zero-order chi connectivity index (χ0) is 20.7. The fraction of sp³-hybridized carbons (Fsp3) is 0.286. The molecule has 154 valence electrons. The molecular weight excluding hydrogens is 418 g/mol. The van der Waals surface area contributed by atoms with Gasteiger partial charge >= 0.3 is 0 Å². The minimum atomic E-state index is 0.0410. The third-order valence-electron chi connectivity index (χ3n) is 5.37. The van der Waals surface area contributed by atoms with Gasteiger partial charge in [0.25, 0.3) is 5.91 Å². The summed E-state index contributed by atoms with van der Waals surface area (Å²) < 4.78 is 7.08. The highest BCUT2D eigenvalue weighted by Crippen LogP contribution is 2.30. The van der Waals surface area contributed by atoms with E-state index in [-0.39, 0.29) is 5.91 Å². The van der Waals surface area contributed by atoms with Crippen LogP contribution < -0.4 is 9.64 Å². The molecular formula is C21H21N5O2S2. The van der Waals surface area contributed by atoms with Crippen molar-refractivity contribution in [2.24, 2.45) is 7.05 Å². The fourth-order valence-electron chi connectivity index (χ4n) is 3.79. The molecule has 0 unspecified atom stereocenters. The summed E-state index contributed by atoms with van der Waals surface area (Å²) >= 11 is 3.34. The second kappa shape index (κ2) is 7.73. The first-order chi connectivity index (χ1) is 14.6. The number of benzene rings is 1. The van der Waals surface area contributed by atoms with Crippen LogP contribution in [-0.4, -0.2) is 58.9 Å². The van der Waals surface area contributed by atoms with E-state index in [2.05, 4.69) is 32.2 Å². The van der Waals surface area contributed by atoms with Gasteiger partial charge < -0.3 is 14.5 Å². The Morgan fingerprint density at radius 1 is 1.13 bits per heavy atom. The summed E-state index contributed by atoms with van der Waals surface area (Å²) in [4.78, 5) is 22.0. The molecule has 3 aromatic heterocycles. The number of thiazole rings is 1. The van der Waals surface area contributed by atoms with Crippen molar-refractivity contribution in [1.82, 2.24) is 19.7 Å². The Balaban J connectivity index is 1.27. The average Bonchev–Trinajstić information content (AvgIpc) is 3.51. The number of methoxy groups -OCH3 is 1. The summed E-state index contributed by atoms with van der Waals surface area (Å²) in [5.74, 6) is 0.738. The quantitative estimate of drug-likeness (QED) is 0.485. The van der Waals surface area contributed by atoms with E-state index >= 15 is 0 Å². The van der Waals surface area contributed by atoms with Crippen molar-refractivity contribution in [3.63, 3.8) is 0 Å². The van der Waals surface area contributed by atoms with Gasteiger partial charge in [0.2, 0.25) is 5.88 Å². The zero-order valence-electron chi connectivity index (χ0n) is 16.7. The molecule has 30 heavy (non-hydrogen) atoms. The lowest BCUT2D eigenvalue weighted by Gasteiger charge is -2.34. The van der Waals surface area contributed by atoms with E-state index < -0.39 is 0 Å². The number of nitrogens with zero attached hydrogens (tertiary/aromatic N) is 5. The molecule has 0 spiro atoms. The van der Waals surface area contributed by atoms with Gasteiger partial charge in [0.1, 0.15) is 0 Å². The molecule has 0 radical (unpaired) electrons. The predicted molar refractivity (Wildman–Crippen MR) is 121 cm³/mol. The van der Waals surface area contributed by atoms with E-state index in [4.69, 9.17) is 9.72 Å². The van der Waals surface area contributed by atoms with Gasteiger partial charge in [-0.25, -0.2) is 9.67 Å². The first kappa shape index (κ1) is 19.1. The van der Waals surface area contributed by atoms with Crippen LogP contribution in [0.4, 0.5) is 5.13 Å². The number of hydrogen-bond donors (Lipinski definition) is 0. The Morgan fingerprint density at radius 3 is 2.70 bits per heavy atom. The van der Waals surface area contributed by atoms with Crippen molar-refractivity contribution < 1.29 is 9.53 Å². The first-order valence-electron chi connectivity index (χ1n) is 9.67. The van der Waals surface area contributed by atoms with Gasteiger partial charge in [0, 0.05) is 55.1 Å². The van der Waals surface area contributed by atoms with Crippen molar-refractivity contribution >= 4 is 44.6 Å². The van der Waals surface area contributed by atoms with Gasteiger partial charge in [0.05, 0.1) is 23.7 Å². The molecule has 5 rings (SSSR count). The number of hydrogen-bond acceptors (Lipinski definition) is 7. The predicted octanol–water partition coefficient (Wildman–Crippen LogP) is 3.73. The lowest BCUT2D eigenvalue weighted by Crippen LogP contribution is -2.48. The van der Waals surface area contributed by atoms with Crippen molar-refractivity contribution in [1.29, 1.82) is 0 Å². The van der Waals surface area contributed by atoms with E-state index in [0.29, 0.717) is 24.5 Å². The standard InChI is InChI=1S/C21H21N5O2S2/c1-24-20(28-2)16-4-3-14(11-17(16)23-24)19(27)25-6-8-26(9-7-25)21-22-18(13-30-21)15-5-10-29-12-15/h3-5,10-13H,6-9H2,1-2H3. The lowest BCUT2D eigenvalue weighted by molar-refractivity contribution is 0.0747. The highest BCUT2D eigenvalue weighted by atomic mass is 32.1. The summed E-state index contributed by atoms with van der Waals surface area (Å²) in [6.07, 6.45) is 0. The summed E-state index contributed by atoms with van der Waals surface area (Å²) in [6.45, 7) is 2.91. The lowest BCUT2D eigenvalue weighted by atomic mass is 10.1. The zero-order valence-corrected chi connectivity index (χ0v) is 18.4. The van der Waals surface area contributed by atoms with E-state index in [1.54, 1.807) is 34.5 Å². The number of carbonyl (C=O) groups excluding carboxylic acids is 1. The van der Waals surface area contributed by atoms with Crippen LogP contribution in [0.5, 0.6) is 5.88 Å². The Bertz CT molecular complexity index is 1190. The normalized spacial score (nSPS) is 14.5. The topological polar surface area (TPSA) is 63.5 Å². The minimum Gasteiger partial charge on any atom is -0.481 e. The van der Waals surface area contributed by atoms with Gasteiger partial charge in [-0.05, 0) is 29.6 Å². The molecule has 4 aromatic rings. The Labute approximate surface area is 182 Å². The Kier molecular flexibility index (Phi) is 4.92. The third-order valence-corrected chi connectivity index (χ3v) is 6.95. The van der Waals surface area contributed by atoms with Crippen molar-refractivity contribution in [3.8, 4) is 17.1 Å². The van der Waals surface area contributed by atoms with Crippen LogP contribution in [0, 0.1) is 0 Å². The summed E-state index contributed by atoms with van der Waals surface area (Å²) in [5, 5.41) is 12.7. The van der Waals surface area contributed by atoms with Crippen LogP contribution in [0.1, 0.15) is 10.4 Å². The second-order valence-corrected chi connectivity index (χ2v) is 8.79. The van der Waals surface area contributed by atoms with Crippen LogP contribution in [0.2, 0.25) is 0 Å². The number of thiophene rings is 1. The van der Waals surface area contributed by atoms with Crippen LogP contribution in [0.3, 0.4) is 0 Å². The molecule has 4 heterocycles. The molecule has 1 aliphatic rings. The van der Waals surface area contributed by atoms with Gasteiger partial charge in [0.15, 0.2) is 5.13 Å². The largest absolute Gasteiger partial charge is 0.481 e. The molecule has 9 heteroatoms. The molecule has 0 atom stereocenters. The molecule has 1 aromatic carbocycles. The van der Waals surface area contributed by atoms with E-state index in [0.717, 1.165) is 40.4 Å². The molecule has 0 aliphatic carbocycles. The summed E-state index contributed by atoms with van der Waals surface area (Å²) in [7, 11) is 3.46. The maximum Gasteiger partial charge on any atom is 0.254 e. The maximum atomic E-state index is 13.0. The molecule has 1 fully saturated rings. The van der Waals surface area contributed by atoms with E-state index in [9.17, 15) is 4.79 Å². The van der Waals surface area contributed by atoms with E-state index in [1.165, 1.54) is 0 Å². The smallest absolute Gasteiger partial charge is 0.254 e. The SMILES string of the molecule is COc1c2ccc(C(=O)N3CCN(c4nc(-c5ccsc5)cs4)CC3)cc2nn1C. The number of rotatable bonds is 4. The molecule has 1 aliphatic heterocycles. The molecule has 1 saturated heterocycles. The van der Waals surface area contributed by atoms with Gasteiger partial charge in [-0.15, -0.1) is 11.3 Å². The number of amides is 1. The third kappa shape index (κ3) is 3.33. The molecule has 1 amide bonds. The van der Waals surface area contributed by atoms with Crippen LogP contribution in [0.25, 0.3) is 22.2 Å². The molecule has 0 bridgehead atoms. The van der Waals surface area contributed by atoms with Crippen LogP contribution in [0.15, 0.2) is 40.4 Å². The Morgan fingerprint density at radius 2 is 1.97 bits per heavy atom. The fourth-order valence-corrected chi connectivity index (χ4v) is 5.33. The highest BCUT2D eigenvalue weighted by Gasteiger charge is 2.24. The van der Waals surface area contributed by atoms with Crippen molar-refractivity contribution in [2.75, 3.05) is 38.2 Å². The van der Waals surface area contributed by atoms with Crippen LogP contribution >= 0.6 is 22.7 Å². The second-order valence-electron chi connectivity index (χ2n) is 7.17. The average molecular weight is 440 g/mol. The van der Waals surface area contributed by atoms with E-state index in [1.807, 2.05) is 30.1 Å². The first-order valence-corrected chi connectivity index (χ1v) is 11.5. The molecule has 0 N–H and O–H groups in total. The van der Waals surface area contributed by atoms with Gasteiger partial charge in [-0.1, -0.05) is 0 Å². The number of aromatic nitrogens is 3. The summed E-state index contributed by atoms with van der Waals surface area (Å²) in [6, 6.07) is 7.70. The van der Waals surface area contributed by atoms with Gasteiger partial charge in [-0.3, -0.25) is 4.79 Å². The Hall–Kier alpha value is -2.91. The maximum absolute atomic E-state index is 13.0. The number of aryl methyl sites for hydroxylation is 1. The number of fused-ring (bicyclic) bond motifs is 1. The number of piperazine rings is 1. The number of carbonyl (C=O) groups is 1. The van der Waals surface area contributed by atoms with Crippen LogP contribution in [-0.2, 0) is 7.05 Å².